The number of hydrogen-bond donors (Lipinski definition) is 1. The summed E-state index contributed by atoms with van der Waals surface area (Å²) in [5, 5.41) is 0. The van der Waals surface area contributed by atoms with Crippen molar-refractivity contribution in [2.75, 3.05) is 13.1 Å². The molecule has 0 bridgehead atoms. The Kier molecular flexibility index (Phi) is 5.99. The van der Waals surface area contributed by atoms with Crippen LogP contribution in [0, 0.1) is 5.92 Å². The highest BCUT2D eigenvalue weighted by atomic mass is 15.2. The van der Waals surface area contributed by atoms with Crippen molar-refractivity contribution in [2.24, 2.45) is 11.7 Å². The molecule has 20 heavy (non-hydrogen) atoms. The van der Waals surface area contributed by atoms with Gasteiger partial charge in [0.2, 0.25) is 0 Å². The van der Waals surface area contributed by atoms with Gasteiger partial charge in [0, 0.05) is 18.4 Å². The van der Waals surface area contributed by atoms with E-state index in [9.17, 15) is 0 Å². The minimum Gasteiger partial charge on any atom is -0.326 e. The molecule has 0 saturated carbocycles. The number of nitrogens with two attached hydrogens (primary N) is 1. The van der Waals surface area contributed by atoms with E-state index in [0.717, 1.165) is 12.3 Å². The first-order valence-electron chi connectivity index (χ1n) is 8.15. The van der Waals surface area contributed by atoms with Gasteiger partial charge < -0.3 is 5.73 Å². The largest absolute Gasteiger partial charge is 0.326 e. The molecular weight excluding hydrogens is 246 g/mol. The molecule has 2 atom stereocenters. The predicted molar refractivity (Wildman–Crippen MR) is 84.4 cm³/mol. The molecule has 0 aliphatic carbocycles. The summed E-state index contributed by atoms with van der Waals surface area (Å²) in [5.74, 6) is 0.920. The summed E-state index contributed by atoms with van der Waals surface area (Å²) in [5.41, 5.74) is 7.68. The third-order valence-electron chi connectivity index (χ3n) is 4.64. The van der Waals surface area contributed by atoms with Gasteiger partial charge in [-0.2, -0.15) is 0 Å². The molecule has 1 aliphatic heterocycles. The maximum Gasteiger partial charge on any atom is 0.0514 e. The standard InChI is InChI=1S/C17H29N3/c1-3-6-14-8-11-20(12-9-14)17(16(18)4-2)15-7-5-10-19-13-15/h5,7,10,13-14,16-17H,3-4,6,8-9,11-12,18H2,1-2H3. The number of hydrogen-bond acceptors (Lipinski definition) is 3. The quantitative estimate of drug-likeness (QED) is 0.865. The average Bonchev–Trinajstić information content (AvgIpc) is 2.50. The van der Waals surface area contributed by atoms with Crippen LogP contribution in [0.25, 0.3) is 0 Å². The van der Waals surface area contributed by atoms with Crippen LogP contribution >= 0.6 is 0 Å². The highest BCUT2D eigenvalue weighted by Crippen LogP contribution is 2.30. The second-order valence-corrected chi connectivity index (χ2v) is 6.07. The molecule has 0 spiro atoms. The van der Waals surface area contributed by atoms with Crippen LogP contribution in [0.2, 0.25) is 0 Å². The van der Waals surface area contributed by atoms with Crippen LogP contribution in [0.4, 0.5) is 0 Å². The number of rotatable bonds is 6. The fourth-order valence-corrected chi connectivity index (χ4v) is 3.43. The third kappa shape index (κ3) is 3.80. The molecule has 1 saturated heterocycles. The topological polar surface area (TPSA) is 42.2 Å². The minimum atomic E-state index is 0.196. The van der Waals surface area contributed by atoms with Gasteiger partial charge in [-0.1, -0.05) is 32.8 Å². The molecule has 1 aromatic heterocycles. The lowest BCUT2D eigenvalue weighted by molar-refractivity contribution is 0.111. The fraction of sp³-hybridized carbons (Fsp3) is 0.706. The fourth-order valence-electron chi connectivity index (χ4n) is 3.43. The van der Waals surface area contributed by atoms with Crippen LogP contribution < -0.4 is 5.73 Å². The summed E-state index contributed by atoms with van der Waals surface area (Å²) in [6.07, 6.45) is 10.2. The molecule has 0 aromatic carbocycles. The maximum atomic E-state index is 6.40. The number of likely N-dealkylation sites (tertiary alicyclic amines) is 1. The smallest absolute Gasteiger partial charge is 0.0514 e. The summed E-state index contributed by atoms with van der Waals surface area (Å²) in [4.78, 5) is 6.86. The van der Waals surface area contributed by atoms with Crippen molar-refractivity contribution in [3.63, 3.8) is 0 Å². The Morgan fingerprint density at radius 2 is 2.10 bits per heavy atom. The molecule has 3 nitrogen and oxygen atoms in total. The zero-order valence-electron chi connectivity index (χ0n) is 13.0. The van der Waals surface area contributed by atoms with E-state index in [0.29, 0.717) is 6.04 Å². The van der Waals surface area contributed by atoms with Crippen LogP contribution in [-0.4, -0.2) is 29.0 Å². The molecular formula is C17H29N3. The van der Waals surface area contributed by atoms with E-state index in [1.54, 1.807) is 0 Å². The first-order chi connectivity index (χ1) is 9.76. The Balaban J connectivity index is 2.05. The minimum absolute atomic E-state index is 0.196. The van der Waals surface area contributed by atoms with Gasteiger partial charge in [0.1, 0.15) is 0 Å². The zero-order valence-corrected chi connectivity index (χ0v) is 13.0. The van der Waals surface area contributed by atoms with E-state index < -0.39 is 0 Å². The molecule has 2 N–H and O–H groups in total. The molecule has 3 heteroatoms. The zero-order chi connectivity index (χ0) is 14.4. The molecule has 0 amide bonds. The van der Waals surface area contributed by atoms with E-state index in [1.807, 2.05) is 18.5 Å². The Hall–Kier alpha value is -0.930. The van der Waals surface area contributed by atoms with Crippen LogP contribution in [-0.2, 0) is 0 Å². The van der Waals surface area contributed by atoms with Crippen LogP contribution in [0.1, 0.15) is 57.6 Å². The highest BCUT2D eigenvalue weighted by Gasteiger charge is 2.29. The lowest BCUT2D eigenvalue weighted by Gasteiger charge is -2.40. The lowest BCUT2D eigenvalue weighted by atomic mass is 9.89. The third-order valence-corrected chi connectivity index (χ3v) is 4.64. The van der Waals surface area contributed by atoms with Gasteiger partial charge in [-0.05, 0) is 49.9 Å². The van der Waals surface area contributed by atoms with Crippen molar-refractivity contribution in [3.8, 4) is 0 Å². The number of piperidine rings is 1. The summed E-state index contributed by atoms with van der Waals surface area (Å²) in [6.45, 7) is 6.82. The van der Waals surface area contributed by atoms with E-state index in [2.05, 4.69) is 29.8 Å². The van der Waals surface area contributed by atoms with Crippen LogP contribution in [0.3, 0.4) is 0 Å². The molecule has 0 radical (unpaired) electrons. The Labute approximate surface area is 123 Å². The second kappa shape index (κ2) is 7.75. The molecule has 1 aromatic rings. The van der Waals surface area contributed by atoms with Crippen molar-refractivity contribution in [1.82, 2.24) is 9.88 Å². The summed E-state index contributed by atoms with van der Waals surface area (Å²) in [6, 6.07) is 4.72. The molecule has 2 rings (SSSR count). The second-order valence-electron chi connectivity index (χ2n) is 6.07. The van der Waals surface area contributed by atoms with E-state index >= 15 is 0 Å². The Bertz CT molecular complexity index is 371. The van der Waals surface area contributed by atoms with Crippen molar-refractivity contribution in [2.45, 2.75) is 58.0 Å². The Morgan fingerprint density at radius 3 is 2.65 bits per heavy atom. The van der Waals surface area contributed by atoms with Crippen LogP contribution in [0.15, 0.2) is 24.5 Å². The van der Waals surface area contributed by atoms with E-state index in [-0.39, 0.29) is 6.04 Å². The monoisotopic (exact) mass is 275 g/mol. The molecule has 2 unspecified atom stereocenters. The van der Waals surface area contributed by atoms with E-state index in [1.165, 1.54) is 44.3 Å². The first-order valence-corrected chi connectivity index (χ1v) is 8.15. The van der Waals surface area contributed by atoms with Crippen molar-refractivity contribution in [3.05, 3.63) is 30.1 Å². The molecule has 112 valence electrons. The molecule has 1 aliphatic rings. The average molecular weight is 275 g/mol. The lowest BCUT2D eigenvalue weighted by Crippen LogP contribution is -2.44. The van der Waals surface area contributed by atoms with Gasteiger partial charge in [-0.15, -0.1) is 0 Å². The van der Waals surface area contributed by atoms with Gasteiger partial charge in [0.05, 0.1) is 6.04 Å². The number of nitrogens with zero attached hydrogens (tertiary/aromatic N) is 2. The SMILES string of the molecule is CCCC1CCN(C(c2cccnc2)C(N)CC)CC1. The van der Waals surface area contributed by atoms with Crippen molar-refractivity contribution in [1.29, 1.82) is 0 Å². The summed E-state index contributed by atoms with van der Waals surface area (Å²) in [7, 11) is 0. The first kappa shape index (κ1) is 15.5. The number of aromatic nitrogens is 1. The summed E-state index contributed by atoms with van der Waals surface area (Å²) < 4.78 is 0. The van der Waals surface area contributed by atoms with Crippen molar-refractivity contribution < 1.29 is 0 Å². The van der Waals surface area contributed by atoms with Crippen molar-refractivity contribution >= 4 is 0 Å². The van der Waals surface area contributed by atoms with Gasteiger partial charge >= 0.3 is 0 Å². The van der Waals surface area contributed by atoms with Gasteiger partial charge in [0.25, 0.3) is 0 Å². The van der Waals surface area contributed by atoms with Gasteiger partial charge in [0.15, 0.2) is 0 Å². The number of pyridine rings is 1. The maximum absolute atomic E-state index is 6.40. The highest BCUT2D eigenvalue weighted by molar-refractivity contribution is 5.16. The molecule has 1 fully saturated rings. The van der Waals surface area contributed by atoms with Gasteiger partial charge in [-0.25, -0.2) is 0 Å². The predicted octanol–water partition coefficient (Wildman–Crippen LogP) is 3.37. The van der Waals surface area contributed by atoms with E-state index in [4.69, 9.17) is 5.73 Å². The van der Waals surface area contributed by atoms with Crippen LogP contribution in [0.5, 0.6) is 0 Å². The normalized spacial score (nSPS) is 20.8. The van der Waals surface area contributed by atoms with Gasteiger partial charge in [-0.3, -0.25) is 9.88 Å². The summed E-state index contributed by atoms with van der Waals surface area (Å²) >= 11 is 0. The molecule has 2 heterocycles. The Morgan fingerprint density at radius 1 is 1.35 bits per heavy atom.